The minimum Gasteiger partial charge on any atom is -0.481 e. The molecule has 0 aliphatic heterocycles. The van der Waals surface area contributed by atoms with Gasteiger partial charge in [0, 0.05) is 22.3 Å². The van der Waals surface area contributed by atoms with Crippen molar-refractivity contribution < 1.29 is 19.1 Å². The van der Waals surface area contributed by atoms with Gasteiger partial charge in [-0.1, -0.05) is 33.2 Å². The van der Waals surface area contributed by atoms with E-state index in [2.05, 4.69) is 36.8 Å². The molecule has 1 amide bonds. The maximum absolute atomic E-state index is 12.4. The number of halogens is 1. The number of carboxylic acids is 1. The third-order valence-corrected chi connectivity index (χ3v) is 6.19. The third kappa shape index (κ3) is 5.73. The number of nitrogens with zero attached hydrogens (tertiary/aromatic N) is 2. The number of aromatic nitrogens is 2. The molecule has 1 heterocycles. The number of benzene rings is 2. The normalized spacial score (nSPS) is 18.2. The summed E-state index contributed by atoms with van der Waals surface area (Å²) in [5, 5.41) is 22.3. The lowest BCUT2D eigenvalue weighted by Crippen LogP contribution is -2.16. The van der Waals surface area contributed by atoms with E-state index in [1.165, 1.54) is 5.56 Å². The van der Waals surface area contributed by atoms with Crippen LogP contribution >= 0.6 is 15.9 Å². The molecule has 0 unspecified atom stereocenters. The van der Waals surface area contributed by atoms with Crippen LogP contribution < -0.4 is 10.6 Å². The van der Waals surface area contributed by atoms with Crippen molar-refractivity contribution in [1.29, 1.82) is 0 Å². The maximum Gasteiger partial charge on any atom is 0.320 e. The molecular weight excluding hydrogens is 476 g/mol. The molecule has 0 spiro atoms. The summed E-state index contributed by atoms with van der Waals surface area (Å²) in [7, 11) is 0. The monoisotopic (exact) mass is 498 g/mol. The van der Waals surface area contributed by atoms with Crippen LogP contribution in [-0.2, 0) is 4.79 Å². The third-order valence-electron chi connectivity index (χ3n) is 5.66. The molecule has 32 heavy (non-hydrogen) atoms. The first kappa shape index (κ1) is 22.0. The van der Waals surface area contributed by atoms with Crippen LogP contribution in [0, 0.1) is 5.92 Å². The van der Waals surface area contributed by atoms with E-state index < -0.39 is 11.9 Å². The number of anilines is 3. The Labute approximate surface area is 193 Å². The van der Waals surface area contributed by atoms with Crippen molar-refractivity contribution in [1.82, 2.24) is 10.2 Å². The van der Waals surface area contributed by atoms with Gasteiger partial charge in [0.25, 0.3) is 0 Å². The lowest BCUT2D eigenvalue weighted by atomic mass is 9.77. The molecular formula is C23H23BrN4O4. The molecule has 2 aromatic carbocycles. The molecule has 4 rings (SSSR count). The molecule has 0 radical (unpaired) electrons. The quantitative estimate of drug-likeness (QED) is 0.389. The molecule has 0 bridgehead atoms. The van der Waals surface area contributed by atoms with Gasteiger partial charge in [0.2, 0.25) is 0 Å². The lowest BCUT2D eigenvalue weighted by Gasteiger charge is -2.28. The van der Waals surface area contributed by atoms with E-state index in [4.69, 9.17) is 9.52 Å². The van der Waals surface area contributed by atoms with Crippen molar-refractivity contribution in [2.24, 2.45) is 5.92 Å². The van der Waals surface area contributed by atoms with Crippen molar-refractivity contribution in [3.63, 3.8) is 0 Å². The predicted octanol–water partition coefficient (Wildman–Crippen LogP) is 5.58. The Morgan fingerprint density at radius 1 is 0.969 bits per heavy atom. The minimum absolute atomic E-state index is 0.131. The van der Waals surface area contributed by atoms with Gasteiger partial charge in [0.15, 0.2) is 0 Å². The minimum atomic E-state index is -0.717. The number of hydrogen-bond donors (Lipinski definition) is 3. The standard InChI is InChI=1S/C23H23BrN4O4/c24-17-7-11-19(12-8-17)26-23-28-27-22(32-23)21(31)25-18-9-5-16(6-10-18)15-3-1-14(2-4-15)13-20(29)30/h5-12,14-15H,1-4,13H2,(H,25,31)(H,26,28)(H,29,30)/t14-,15-. The smallest absolute Gasteiger partial charge is 0.320 e. The molecule has 166 valence electrons. The number of carboxylic acid groups (broad SMARTS) is 1. The van der Waals surface area contributed by atoms with E-state index in [1.807, 2.05) is 48.5 Å². The SMILES string of the molecule is O=C(O)C[C@H]1CC[C@H](c2ccc(NC(=O)c3nnc(Nc4ccc(Br)cc4)o3)cc2)CC1. The summed E-state index contributed by atoms with van der Waals surface area (Å²) in [5.74, 6) is -0.632. The largest absolute Gasteiger partial charge is 0.481 e. The second-order valence-electron chi connectivity index (χ2n) is 7.94. The fraction of sp³-hybridized carbons (Fsp3) is 0.304. The Kier molecular flexibility index (Phi) is 6.84. The number of rotatable bonds is 7. The van der Waals surface area contributed by atoms with Crippen LogP contribution in [0.25, 0.3) is 0 Å². The van der Waals surface area contributed by atoms with Crippen molar-refractivity contribution in [3.8, 4) is 0 Å². The van der Waals surface area contributed by atoms with Crippen LogP contribution in [-0.4, -0.2) is 27.2 Å². The van der Waals surface area contributed by atoms with Gasteiger partial charge in [-0.2, -0.15) is 0 Å². The highest BCUT2D eigenvalue weighted by atomic mass is 79.9. The Morgan fingerprint density at radius 3 is 2.28 bits per heavy atom. The zero-order valence-electron chi connectivity index (χ0n) is 17.3. The van der Waals surface area contributed by atoms with Crippen LogP contribution in [0.5, 0.6) is 0 Å². The number of amides is 1. The summed E-state index contributed by atoms with van der Waals surface area (Å²) in [5.41, 5.74) is 2.60. The van der Waals surface area contributed by atoms with Crippen LogP contribution in [0.15, 0.2) is 57.4 Å². The molecule has 0 saturated heterocycles. The van der Waals surface area contributed by atoms with Crippen LogP contribution in [0.3, 0.4) is 0 Å². The van der Waals surface area contributed by atoms with Crippen LogP contribution in [0.4, 0.5) is 17.4 Å². The zero-order valence-corrected chi connectivity index (χ0v) is 18.8. The molecule has 3 aromatic rings. The first-order valence-corrected chi connectivity index (χ1v) is 11.2. The van der Waals surface area contributed by atoms with E-state index in [1.54, 1.807) is 0 Å². The van der Waals surface area contributed by atoms with Crippen molar-refractivity contribution in [3.05, 3.63) is 64.5 Å². The molecule has 3 N–H and O–H groups in total. The topological polar surface area (TPSA) is 117 Å². The molecule has 1 aliphatic rings. The fourth-order valence-corrected chi connectivity index (χ4v) is 4.26. The number of aliphatic carboxylic acids is 1. The molecule has 1 aromatic heterocycles. The van der Waals surface area contributed by atoms with E-state index in [9.17, 15) is 9.59 Å². The summed E-state index contributed by atoms with van der Waals surface area (Å²) in [6, 6.07) is 15.3. The number of nitrogens with one attached hydrogen (secondary N) is 2. The number of carbonyl (C=O) groups is 2. The average molecular weight is 499 g/mol. The average Bonchev–Trinajstić information content (AvgIpc) is 3.25. The molecule has 8 nitrogen and oxygen atoms in total. The Balaban J connectivity index is 1.31. The first-order chi connectivity index (χ1) is 15.5. The summed E-state index contributed by atoms with van der Waals surface area (Å²) < 4.78 is 6.36. The summed E-state index contributed by atoms with van der Waals surface area (Å²) >= 11 is 3.37. The van der Waals surface area contributed by atoms with E-state index in [-0.39, 0.29) is 24.2 Å². The molecule has 1 fully saturated rings. The van der Waals surface area contributed by atoms with Gasteiger partial charge < -0.3 is 20.2 Å². The molecule has 1 saturated carbocycles. The van der Waals surface area contributed by atoms with Crippen LogP contribution in [0.1, 0.15) is 54.3 Å². The van der Waals surface area contributed by atoms with Crippen molar-refractivity contribution >= 4 is 45.2 Å². The van der Waals surface area contributed by atoms with E-state index in [0.717, 1.165) is 35.8 Å². The van der Waals surface area contributed by atoms with Crippen molar-refractivity contribution in [2.45, 2.75) is 38.0 Å². The summed E-state index contributed by atoms with van der Waals surface area (Å²) in [4.78, 5) is 23.3. The van der Waals surface area contributed by atoms with Gasteiger partial charge in [-0.3, -0.25) is 9.59 Å². The Hall–Kier alpha value is -3.20. The second-order valence-corrected chi connectivity index (χ2v) is 8.85. The number of hydrogen-bond acceptors (Lipinski definition) is 6. The second kappa shape index (κ2) is 9.95. The molecule has 1 aliphatic carbocycles. The summed E-state index contributed by atoms with van der Waals surface area (Å²) in [6.07, 6.45) is 4.10. The van der Waals surface area contributed by atoms with Gasteiger partial charge in [-0.15, -0.1) is 5.10 Å². The number of carbonyl (C=O) groups excluding carboxylic acids is 1. The highest BCUT2D eigenvalue weighted by molar-refractivity contribution is 9.10. The van der Waals surface area contributed by atoms with Gasteiger partial charge in [0.1, 0.15) is 0 Å². The van der Waals surface area contributed by atoms with E-state index in [0.29, 0.717) is 11.6 Å². The highest BCUT2D eigenvalue weighted by Crippen LogP contribution is 2.37. The lowest BCUT2D eigenvalue weighted by molar-refractivity contribution is -0.138. The van der Waals surface area contributed by atoms with E-state index >= 15 is 0 Å². The molecule has 9 heteroatoms. The first-order valence-electron chi connectivity index (χ1n) is 10.5. The van der Waals surface area contributed by atoms with Gasteiger partial charge in [-0.05, 0) is 79.5 Å². The maximum atomic E-state index is 12.4. The zero-order chi connectivity index (χ0) is 22.5. The Morgan fingerprint density at radius 2 is 1.62 bits per heavy atom. The van der Waals surface area contributed by atoms with Crippen LogP contribution in [0.2, 0.25) is 0 Å². The summed E-state index contributed by atoms with van der Waals surface area (Å²) in [6.45, 7) is 0. The Bertz CT molecular complexity index is 1070. The van der Waals surface area contributed by atoms with Crippen molar-refractivity contribution in [2.75, 3.05) is 10.6 Å². The molecule has 0 atom stereocenters. The van der Waals surface area contributed by atoms with Gasteiger partial charge >= 0.3 is 23.8 Å². The fourth-order valence-electron chi connectivity index (χ4n) is 3.99. The van der Waals surface area contributed by atoms with Gasteiger partial charge in [0.05, 0.1) is 0 Å². The highest BCUT2D eigenvalue weighted by Gasteiger charge is 2.24. The van der Waals surface area contributed by atoms with Gasteiger partial charge in [-0.25, -0.2) is 0 Å². The predicted molar refractivity (Wildman–Crippen MR) is 123 cm³/mol.